The molecule has 0 bridgehead atoms. The molecule has 1 heterocycles. The monoisotopic (exact) mass is 449 g/mol. The fourth-order valence-corrected chi connectivity index (χ4v) is 4.42. The van der Waals surface area contributed by atoms with E-state index in [1.807, 2.05) is 31.2 Å². The van der Waals surface area contributed by atoms with E-state index in [-0.39, 0.29) is 16.6 Å². The Morgan fingerprint density at radius 1 is 1.24 bits per heavy atom. The second-order valence-corrected chi connectivity index (χ2v) is 8.96. The number of nitrogens with one attached hydrogen (secondary N) is 2. The Kier molecular flexibility index (Phi) is 6.68. The third-order valence-electron chi connectivity index (χ3n) is 3.86. The molecule has 3 rings (SSSR count). The summed E-state index contributed by atoms with van der Waals surface area (Å²) in [6, 6.07) is 11.7. The van der Waals surface area contributed by atoms with Crippen LogP contribution in [0.25, 0.3) is 0 Å². The summed E-state index contributed by atoms with van der Waals surface area (Å²) in [6.45, 7) is 3.73. The molecule has 8 nitrogen and oxygen atoms in total. The summed E-state index contributed by atoms with van der Waals surface area (Å²) in [5, 5.41) is 25.1. The van der Waals surface area contributed by atoms with Crippen LogP contribution in [0.15, 0.2) is 46.8 Å². The third-order valence-corrected chi connectivity index (χ3v) is 6.20. The fourth-order valence-electron chi connectivity index (χ4n) is 2.29. The molecule has 1 amide bonds. The van der Waals surface area contributed by atoms with Gasteiger partial charge in [0.25, 0.3) is 5.69 Å². The minimum atomic E-state index is -0.548. The minimum Gasteiger partial charge on any atom is -0.330 e. The normalized spacial score (nSPS) is 11.7. The van der Waals surface area contributed by atoms with Crippen molar-refractivity contribution >= 4 is 62.8 Å². The number of aromatic nitrogens is 2. The number of hydrogen-bond acceptors (Lipinski definition) is 8. The van der Waals surface area contributed by atoms with E-state index in [4.69, 9.17) is 11.6 Å². The molecule has 0 saturated heterocycles. The Morgan fingerprint density at radius 2 is 2.00 bits per heavy atom. The number of carbonyl (C=O) groups is 1. The van der Waals surface area contributed by atoms with Crippen molar-refractivity contribution in [2.24, 2.45) is 0 Å². The van der Waals surface area contributed by atoms with Crippen LogP contribution < -0.4 is 10.6 Å². The van der Waals surface area contributed by atoms with Gasteiger partial charge < -0.3 is 10.6 Å². The number of thioether (sulfide) groups is 1. The summed E-state index contributed by atoms with van der Waals surface area (Å²) in [5.41, 5.74) is 2.20. The highest BCUT2D eigenvalue weighted by Gasteiger charge is 2.19. The van der Waals surface area contributed by atoms with Crippen LogP contribution in [-0.4, -0.2) is 26.3 Å². The highest BCUT2D eigenvalue weighted by Crippen LogP contribution is 2.32. The molecule has 3 aromatic rings. The van der Waals surface area contributed by atoms with E-state index >= 15 is 0 Å². The molecule has 2 aromatic carbocycles. The van der Waals surface area contributed by atoms with Gasteiger partial charge in [0.2, 0.25) is 11.0 Å². The fraction of sp³-hybridized carbons (Fsp3) is 0.167. The number of amides is 1. The number of hydrogen-bond donors (Lipinski definition) is 2. The number of nitrogens with zero attached hydrogens (tertiary/aromatic N) is 3. The van der Waals surface area contributed by atoms with Crippen molar-refractivity contribution in [3.05, 3.63) is 63.2 Å². The summed E-state index contributed by atoms with van der Waals surface area (Å²) in [6.07, 6.45) is 0. The maximum atomic E-state index is 12.4. The minimum absolute atomic E-state index is 0.102. The first-order valence-electron chi connectivity index (χ1n) is 8.41. The summed E-state index contributed by atoms with van der Waals surface area (Å²) < 4.78 is 0.638. The van der Waals surface area contributed by atoms with Gasteiger partial charge in [0, 0.05) is 17.8 Å². The number of rotatable bonds is 7. The van der Waals surface area contributed by atoms with Crippen LogP contribution >= 0.6 is 34.7 Å². The standard InChI is InChI=1S/C18H16ClN5O3S2/c1-10-5-3-4-6-14(10)21-17-22-23-18(29-17)28-11(2)16(25)20-15-8-7-12(24(26)27)9-13(15)19/h3-9,11H,1-2H3,(H,20,25)(H,21,22)/t11-/m0/s1. The van der Waals surface area contributed by atoms with E-state index in [0.717, 1.165) is 11.3 Å². The number of anilines is 3. The van der Waals surface area contributed by atoms with Crippen molar-refractivity contribution in [1.29, 1.82) is 0 Å². The first-order chi connectivity index (χ1) is 13.8. The molecule has 0 fully saturated rings. The van der Waals surface area contributed by atoms with Crippen molar-refractivity contribution < 1.29 is 9.72 Å². The lowest BCUT2D eigenvalue weighted by molar-refractivity contribution is -0.384. The molecule has 1 aromatic heterocycles. The van der Waals surface area contributed by atoms with E-state index in [1.165, 1.54) is 41.3 Å². The van der Waals surface area contributed by atoms with Crippen LogP contribution in [0.3, 0.4) is 0 Å². The predicted octanol–water partition coefficient (Wildman–Crippen LogP) is 5.27. The number of aryl methyl sites for hydroxylation is 1. The van der Waals surface area contributed by atoms with Gasteiger partial charge in [0.05, 0.1) is 20.9 Å². The number of halogens is 1. The molecule has 0 spiro atoms. The first-order valence-corrected chi connectivity index (χ1v) is 10.5. The lowest BCUT2D eigenvalue weighted by Gasteiger charge is -2.11. The van der Waals surface area contributed by atoms with E-state index in [0.29, 0.717) is 15.2 Å². The molecule has 0 aliphatic rings. The van der Waals surface area contributed by atoms with Gasteiger partial charge in [-0.05, 0) is 31.5 Å². The summed E-state index contributed by atoms with van der Waals surface area (Å²) in [7, 11) is 0. The zero-order valence-electron chi connectivity index (χ0n) is 15.4. The van der Waals surface area contributed by atoms with Crippen molar-refractivity contribution in [3.63, 3.8) is 0 Å². The largest absolute Gasteiger partial charge is 0.330 e. The quantitative estimate of drug-likeness (QED) is 0.287. The molecule has 0 aliphatic heterocycles. The number of carbonyl (C=O) groups excluding carboxylic acids is 1. The average molecular weight is 450 g/mol. The summed E-state index contributed by atoms with van der Waals surface area (Å²) >= 11 is 8.63. The third kappa shape index (κ3) is 5.43. The SMILES string of the molecule is Cc1ccccc1Nc1nnc(S[C@@H](C)C(=O)Nc2ccc([N+](=O)[O-])cc2Cl)s1. The molecule has 0 aliphatic carbocycles. The lowest BCUT2D eigenvalue weighted by atomic mass is 10.2. The van der Waals surface area contributed by atoms with Gasteiger partial charge in [-0.1, -0.05) is 52.9 Å². The van der Waals surface area contributed by atoms with E-state index < -0.39 is 10.2 Å². The highest BCUT2D eigenvalue weighted by molar-refractivity contribution is 8.02. The predicted molar refractivity (Wildman–Crippen MR) is 116 cm³/mol. The van der Waals surface area contributed by atoms with Gasteiger partial charge in [-0.15, -0.1) is 10.2 Å². The van der Waals surface area contributed by atoms with Gasteiger partial charge in [-0.2, -0.15) is 0 Å². The second-order valence-electron chi connectivity index (χ2n) is 5.98. The van der Waals surface area contributed by atoms with Crippen molar-refractivity contribution in [2.75, 3.05) is 10.6 Å². The van der Waals surface area contributed by atoms with Crippen LogP contribution in [0.2, 0.25) is 5.02 Å². The van der Waals surface area contributed by atoms with Gasteiger partial charge in [0.15, 0.2) is 4.34 Å². The molecule has 0 unspecified atom stereocenters. The maximum Gasteiger partial charge on any atom is 0.271 e. The van der Waals surface area contributed by atoms with Crippen molar-refractivity contribution in [2.45, 2.75) is 23.4 Å². The summed E-state index contributed by atoms with van der Waals surface area (Å²) in [4.78, 5) is 22.7. The number of para-hydroxylation sites is 1. The molecule has 2 N–H and O–H groups in total. The number of nitro groups is 1. The first kappa shape index (κ1) is 21.0. The smallest absolute Gasteiger partial charge is 0.271 e. The summed E-state index contributed by atoms with van der Waals surface area (Å²) in [5.74, 6) is -0.297. The zero-order chi connectivity index (χ0) is 21.0. The van der Waals surface area contributed by atoms with Gasteiger partial charge >= 0.3 is 0 Å². The van der Waals surface area contributed by atoms with Crippen LogP contribution in [0.1, 0.15) is 12.5 Å². The Bertz CT molecular complexity index is 1060. The van der Waals surface area contributed by atoms with Gasteiger partial charge in [0.1, 0.15) is 0 Å². The molecule has 29 heavy (non-hydrogen) atoms. The lowest BCUT2D eigenvalue weighted by Crippen LogP contribution is -2.22. The number of nitro benzene ring substituents is 1. The topological polar surface area (TPSA) is 110 Å². The highest BCUT2D eigenvalue weighted by atomic mass is 35.5. The van der Waals surface area contributed by atoms with Crippen molar-refractivity contribution in [1.82, 2.24) is 10.2 Å². The Labute approximate surface area is 179 Å². The van der Waals surface area contributed by atoms with Crippen LogP contribution in [0.4, 0.5) is 22.2 Å². The molecule has 0 saturated carbocycles. The van der Waals surface area contributed by atoms with Crippen LogP contribution in [0, 0.1) is 17.0 Å². The second kappa shape index (κ2) is 9.21. The Hall–Kier alpha value is -2.69. The maximum absolute atomic E-state index is 12.4. The Morgan fingerprint density at radius 3 is 2.69 bits per heavy atom. The molecule has 1 atom stereocenters. The number of non-ortho nitro benzene ring substituents is 1. The van der Waals surface area contributed by atoms with Gasteiger partial charge in [-0.3, -0.25) is 14.9 Å². The molecule has 150 valence electrons. The van der Waals surface area contributed by atoms with E-state index in [1.54, 1.807) is 6.92 Å². The van der Waals surface area contributed by atoms with E-state index in [2.05, 4.69) is 20.8 Å². The molecular weight excluding hydrogens is 434 g/mol. The average Bonchev–Trinajstić information content (AvgIpc) is 3.11. The zero-order valence-corrected chi connectivity index (χ0v) is 17.8. The van der Waals surface area contributed by atoms with Crippen LogP contribution in [0.5, 0.6) is 0 Å². The molecule has 0 radical (unpaired) electrons. The van der Waals surface area contributed by atoms with Gasteiger partial charge in [-0.25, -0.2) is 0 Å². The van der Waals surface area contributed by atoms with Crippen molar-refractivity contribution in [3.8, 4) is 0 Å². The molecular formula is C18H16ClN5O3S2. The Balaban J connectivity index is 1.61. The number of benzene rings is 2. The van der Waals surface area contributed by atoms with E-state index in [9.17, 15) is 14.9 Å². The molecule has 11 heteroatoms. The van der Waals surface area contributed by atoms with Crippen LogP contribution in [-0.2, 0) is 4.79 Å².